The van der Waals surface area contributed by atoms with Crippen molar-refractivity contribution in [1.82, 2.24) is 19.9 Å². The van der Waals surface area contributed by atoms with Gasteiger partial charge in [0, 0.05) is 49.9 Å². The van der Waals surface area contributed by atoms with Gasteiger partial charge in [-0.15, -0.1) is 0 Å². The summed E-state index contributed by atoms with van der Waals surface area (Å²) in [6.07, 6.45) is 1.72. The molecule has 6 nitrogen and oxygen atoms in total. The van der Waals surface area contributed by atoms with Crippen LogP contribution in [-0.2, 0) is 0 Å². The van der Waals surface area contributed by atoms with E-state index in [0.29, 0.717) is 28.8 Å². The second kappa shape index (κ2) is 7.25. The molecule has 2 aromatic carbocycles. The number of aromatic amines is 1. The monoisotopic (exact) mass is 404 g/mol. The van der Waals surface area contributed by atoms with E-state index in [4.69, 9.17) is 10.7 Å². The molecular weight excluding hydrogens is 379 g/mol. The number of benzene rings is 2. The number of piperazine rings is 1. The summed E-state index contributed by atoms with van der Waals surface area (Å²) < 4.78 is 14.9. The summed E-state index contributed by atoms with van der Waals surface area (Å²) in [6, 6.07) is 11.6. The number of H-pyrrole nitrogens is 1. The van der Waals surface area contributed by atoms with Crippen molar-refractivity contribution in [1.29, 1.82) is 0 Å². The lowest BCUT2D eigenvalue weighted by molar-refractivity contribution is 0.209. The van der Waals surface area contributed by atoms with E-state index in [1.165, 1.54) is 6.07 Å². The predicted octanol–water partition coefficient (Wildman–Crippen LogP) is 4.03. The first-order valence-electron chi connectivity index (χ1n) is 10.3. The van der Waals surface area contributed by atoms with Crippen LogP contribution in [0.1, 0.15) is 13.8 Å². The van der Waals surface area contributed by atoms with E-state index < -0.39 is 0 Å². The number of rotatable bonds is 3. The van der Waals surface area contributed by atoms with Gasteiger partial charge in [0.15, 0.2) is 0 Å². The molecule has 3 heterocycles. The molecule has 0 radical (unpaired) electrons. The van der Waals surface area contributed by atoms with Crippen LogP contribution in [0.2, 0.25) is 0 Å². The second-order valence-corrected chi connectivity index (χ2v) is 8.13. The van der Waals surface area contributed by atoms with E-state index in [9.17, 15) is 4.39 Å². The molecule has 7 heteroatoms. The van der Waals surface area contributed by atoms with E-state index in [2.05, 4.69) is 33.6 Å². The van der Waals surface area contributed by atoms with Gasteiger partial charge in [-0.25, -0.2) is 9.37 Å². The van der Waals surface area contributed by atoms with E-state index in [1.54, 1.807) is 6.20 Å². The number of nitrogens with zero attached hydrogens (tertiary/aromatic N) is 4. The molecule has 1 fully saturated rings. The van der Waals surface area contributed by atoms with Gasteiger partial charge in [-0.1, -0.05) is 18.2 Å². The van der Waals surface area contributed by atoms with Crippen LogP contribution in [0, 0.1) is 5.82 Å². The molecule has 1 aliphatic rings. The first kappa shape index (κ1) is 18.8. The quantitative estimate of drug-likeness (QED) is 0.539. The van der Waals surface area contributed by atoms with Crippen molar-refractivity contribution in [3.63, 3.8) is 0 Å². The SMILES string of the molecule is CC(C)N1CCN(c2cc3nc(-c4cnc5ccccc5c4N)[nH]c3cc2F)CC1. The van der Waals surface area contributed by atoms with Gasteiger partial charge in [-0.3, -0.25) is 9.88 Å². The molecule has 0 aliphatic carbocycles. The van der Waals surface area contributed by atoms with Crippen LogP contribution >= 0.6 is 0 Å². The van der Waals surface area contributed by atoms with E-state index >= 15 is 0 Å². The maximum atomic E-state index is 14.9. The number of anilines is 2. The van der Waals surface area contributed by atoms with Crippen LogP contribution in [-0.4, -0.2) is 52.1 Å². The number of para-hydroxylation sites is 1. The van der Waals surface area contributed by atoms with Crippen molar-refractivity contribution in [3.05, 3.63) is 48.4 Å². The lowest BCUT2D eigenvalue weighted by Gasteiger charge is -2.38. The van der Waals surface area contributed by atoms with Gasteiger partial charge in [0.2, 0.25) is 0 Å². The number of aromatic nitrogens is 3. The molecule has 3 N–H and O–H groups in total. The average Bonchev–Trinajstić information content (AvgIpc) is 3.16. The Morgan fingerprint density at radius 3 is 2.60 bits per heavy atom. The third-order valence-electron chi connectivity index (χ3n) is 6.01. The van der Waals surface area contributed by atoms with Gasteiger partial charge in [0.25, 0.3) is 0 Å². The van der Waals surface area contributed by atoms with Crippen LogP contribution in [0.5, 0.6) is 0 Å². The summed E-state index contributed by atoms with van der Waals surface area (Å²) in [7, 11) is 0. The molecule has 154 valence electrons. The maximum absolute atomic E-state index is 14.9. The fourth-order valence-corrected chi connectivity index (χ4v) is 4.22. The van der Waals surface area contributed by atoms with Crippen LogP contribution in [0.15, 0.2) is 42.6 Å². The third-order valence-corrected chi connectivity index (χ3v) is 6.01. The van der Waals surface area contributed by atoms with Gasteiger partial charge >= 0.3 is 0 Å². The normalized spacial score (nSPS) is 15.5. The van der Waals surface area contributed by atoms with Crippen LogP contribution in [0.3, 0.4) is 0 Å². The lowest BCUT2D eigenvalue weighted by Crippen LogP contribution is -2.49. The van der Waals surface area contributed by atoms with Crippen molar-refractivity contribution >= 4 is 33.3 Å². The molecule has 1 saturated heterocycles. The number of fused-ring (bicyclic) bond motifs is 2. The molecule has 0 spiro atoms. The Labute approximate surface area is 174 Å². The number of halogens is 1. The smallest absolute Gasteiger partial charge is 0.148 e. The standard InChI is InChI=1S/C23H25FN6/c1-14(2)29-7-9-30(10-8-29)21-12-20-19(11-17(21)24)27-23(28-20)16-13-26-18-6-4-3-5-15(18)22(16)25/h3-6,11-14H,7-10H2,1-2H3,(H2,25,26)(H,27,28). The number of nitrogen functional groups attached to an aromatic ring is 1. The van der Waals surface area contributed by atoms with Crippen LogP contribution in [0.4, 0.5) is 15.8 Å². The number of imidazole rings is 1. The number of nitrogens with two attached hydrogens (primary N) is 1. The molecule has 2 aromatic heterocycles. The minimum Gasteiger partial charge on any atom is -0.398 e. The van der Waals surface area contributed by atoms with Crippen LogP contribution in [0.25, 0.3) is 33.3 Å². The lowest BCUT2D eigenvalue weighted by atomic mass is 10.1. The average molecular weight is 404 g/mol. The minimum atomic E-state index is -0.236. The Morgan fingerprint density at radius 2 is 1.83 bits per heavy atom. The zero-order valence-electron chi connectivity index (χ0n) is 17.2. The third kappa shape index (κ3) is 3.15. The highest BCUT2D eigenvalue weighted by Gasteiger charge is 2.22. The number of hydrogen-bond donors (Lipinski definition) is 2. The van der Waals surface area contributed by atoms with Gasteiger partial charge in [0.1, 0.15) is 11.6 Å². The topological polar surface area (TPSA) is 74.1 Å². The zero-order valence-corrected chi connectivity index (χ0v) is 17.2. The van der Waals surface area contributed by atoms with E-state index in [1.807, 2.05) is 30.3 Å². The Hall–Kier alpha value is -3.19. The molecule has 5 rings (SSSR count). The molecule has 4 aromatic rings. The summed E-state index contributed by atoms with van der Waals surface area (Å²) in [5.74, 6) is 0.363. The Kier molecular flexibility index (Phi) is 4.55. The Morgan fingerprint density at radius 1 is 1.07 bits per heavy atom. The van der Waals surface area contributed by atoms with Gasteiger partial charge < -0.3 is 15.6 Å². The molecule has 0 unspecified atom stereocenters. The highest BCUT2D eigenvalue weighted by atomic mass is 19.1. The van der Waals surface area contributed by atoms with Crippen molar-refractivity contribution < 1.29 is 4.39 Å². The largest absolute Gasteiger partial charge is 0.398 e. The predicted molar refractivity (Wildman–Crippen MR) is 120 cm³/mol. The zero-order chi connectivity index (χ0) is 20.8. The van der Waals surface area contributed by atoms with Crippen molar-refractivity contribution in [2.45, 2.75) is 19.9 Å². The first-order chi connectivity index (χ1) is 14.5. The fraction of sp³-hybridized carbons (Fsp3) is 0.304. The van der Waals surface area contributed by atoms with Gasteiger partial charge in [0.05, 0.1) is 33.5 Å². The Balaban J connectivity index is 1.51. The van der Waals surface area contributed by atoms with Gasteiger partial charge in [-0.05, 0) is 26.0 Å². The summed E-state index contributed by atoms with van der Waals surface area (Å²) >= 11 is 0. The first-order valence-corrected chi connectivity index (χ1v) is 10.3. The summed E-state index contributed by atoms with van der Waals surface area (Å²) in [6.45, 7) is 7.86. The molecular formula is C23H25FN6. The van der Waals surface area contributed by atoms with Crippen molar-refractivity contribution in [2.75, 3.05) is 36.8 Å². The van der Waals surface area contributed by atoms with Gasteiger partial charge in [-0.2, -0.15) is 0 Å². The minimum absolute atomic E-state index is 0.236. The summed E-state index contributed by atoms with van der Waals surface area (Å²) in [5.41, 5.74) is 10.6. The molecule has 0 atom stereocenters. The van der Waals surface area contributed by atoms with Crippen molar-refractivity contribution in [2.24, 2.45) is 0 Å². The van der Waals surface area contributed by atoms with E-state index in [0.717, 1.165) is 48.2 Å². The molecule has 0 saturated carbocycles. The number of hydrogen-bond acceptors (Lipinski definition) is 5. The second-order valence-electron chi connectivity index (χ2n) is 8.13. The fourth-order valence-electron chi connectivity index (χ4n) is 4.22. The molecule has 1 aliphatic heterocycles. The highest BCUT2D eigenvalue weighted by Crippen LogP contribution is 2.32. The summed E-state index contributed by atoms with van der Waals surface area (Å²) in [4.78, 5) is 16.9. The Bertz CT molecular complexity index is 1220. The number of pyridine rings is 1. The maximum Gasteiger partial charge on any atom is 0.148 e. The molecule has 0 bridgehead atoms. The molecule has 0 amide bonds. The molecule has 30 heavy (non-hydrogen) atoms. The summed E-state index contributed by atoms with van der Waals surface area (Å²) in [5, 5.41) is 0.880. The van der Waals surface area contributed by atoms with E-state index in [-0.39, 0.29) is 5.82 Å². The number of nitrogens with one attached hydrogen (secondary N) is 1. The van der Waals surface area contributed by atoms with Crippen molar-refractivity contribution in [3.8, 4) is 11.4 Å². The highest BCUT2D eigenvalue weighted by molar-refractivity contribution is 5.98. The van der Waals surface area contributed by atoms with Crippen LogP contribution < -0.4 is 10.6 Å².